The normalized spacial score (nSPS) is 10.3. The van der Waals surface area contributed by atoms with E-state index >= 15 is 0 Å². The Balaban J connectivity index is 1.80. The maximum Gasteiger partial charge on any atom is 0.295 e. The van der Waals surface area contributed by atoms with Gasteiger partial charge in [-0.3, -0.25) is 4.79 Å². The Labute approximate surface area is 120 Å². The fraction of sp³-hybridized carbons (Fsp3) is 0. The SMILES string of the molecule is O=C(Nc1ncccc1O)c1cc(-c2ccccc2)no1. The zero-order valence-corrected chi connectivity index (χ0v) is 10.9. The lowest BCUT2D eigenvalue weighted by atomic mass is 10.1. The molecule has 2 N–H and O–H groups in total. The third-order valence-electron chi connectivity index (χ3n) is 2.82. The van der Waals surface area contributed by atoms with Crippen LogP contribution in [0.15, 0.2) is 59.3 Å². The quantitative estimate of drug-likeness (QED) is 0.770. The summed E-state index contributed by atoms with van der Waals surface area (Å²) in [7, 11) is 0. The van der Waals surface area contributed by atoms with Crippen molar-refractivity contribution in [2.24, 2.45) is 0 Å². The molecular weight excluding hydrogens is 270 g/mol. The molecule has 21 heavy (non-hydrogen) atoms. The highest BCUT2D eigenvalue weighted by molar-refractivity contribution is 6.02. The number of rotatable bonds is 3. The van der Waals surface area contributed by atoms with Gasteiger partial charge < -0.3 is 14.9 Å². The molecule has 6 heteroatoms. The Hall–Kier alpha value is -3.15. The van der Waals surface area contributed by atoms with Gasteiger partial charge in [-0.1, -0.05) is 35.5 Å². The topological polar surface area (TPSA) is 88.2 Å². The van der Waals surface area contributed by atoms with Crippen molar-refractivity contribution in [1.82, 2.24) is 10.1 Å². The fourth-order valence-electron chi connectivity index (χ4n) is 1.79. The summed E-state index contributed by atoms with van der Waals surface area (Å²) in [4.78, 5) is 15.9. The number of nitrogens with one attached hydrogen (secondary N) is 1. The van der Waals surface area contributed by atoms with E-state index in [1.165, 1.54) is 18.3 Å². The van der Waals surface area contributed by atoms with Gasteiger partial charge in [0.2, 0.25) is 5.76 Å². The predicted octanol–water partition coefficient (Wildman–Crippen LogP) is 2.69. The lowest BCUT2D eigenvalue weighted by Crippen LogP contribution is -2.12. The van der Waals surface area contributed by atoms with Crippen LogP contribution >= 0.6 is 0 Å². The van der Waals surface area contributed by atoms with Crippen molar-refractivity contribution in [3.8, 4) is 17.0 Å². The Morgan fingerprint density at radius 2 is 1.95 bits per heavy atom. The van der Waals surface area contributed by atoms with Crippen molar-refractivity contribution < 1.29 is 14.4 Å². The molecule has 1 aromatic carbocycles. The summed E-state index contributed by atoms with van der Waals surface area (Å²) in [5, 5.41) is 15.9. The number of aromatic hydroxyl groups is 1. The van der Waals surface area contributed by atoms with Crippen LogP contribution in [0.3, 0.4) is 0 Å². The molecule has 0 saturated carbocycles. The summed E-state index contributed by atoms with van der Waals surface area (Å²) in [6.45, 7) is 0. The van der Waals surface area contributed by atoms with E-state index in [0.29, 0.717) is 5.69 Å². The molecule has 6 nitrogen and oxygen atoms in total. The minimum atomic E-state index is -0.529. The molecule has 2 heterocycles. The predicted molar refractivity (Wildman–Crippen MR) is 75.8 cm³/mol. The number of aromatic nitrogens is 2. The van der Waals surface area contributed by atoms with E-state index in [1.807, 2.05) is 30.3 Å². The first-order valence-electron chi connectivity index (χ1n) is 6.21. The van der Waals surface area contributed by atoms with Gasteiger partial charge in [-0.05, 0) is 12.1 Å². The molecule has 0 unspecified atom stereocenters. The summed E-state index contributed by atoms with van der Waals surface area (Å²) < 4.78 is 5.02. The largest absolute Gasteiger partial charge is 0.504 e. The average Bonchev–Trinajstić information content (AvgIpc) is 3.00. The van der Waals surface area contributed by atoms with Crippen LogP contribution in [0.1, 0.15) is 10.6 Å². The molecular formula is C15H11N3O3. The third-order valence-corrected chi connectivity index (χ3v) is 2.82. The van der Waals surface area contributed by atoms with Gasteiger partial charge in [0.25, 0.3) is 5.91 Å². The van der Waals surface area contributed by atoms with E-state index in [9.17, 15) is 9.90 Å². The maximum absolute atomic E-state index is 12.0. The first kappa shape index (κ1) is 12.9. The molecule has 0 aliphatic heterocycles. The van der Waals surface area contributed by atoms with Gasteiger partial charge in [-0.2, -0.15) is 0 Å². The Bertz CT molecular complexity index is 769. The Morgan fingerprint density at radius 1 is 1.14 bits per heavy atom. The van der Waals surface area contributed by atoms with Crippen LogP contribution < -0.4 is 5.32 Å². The Morgan fingerprint density at radius 3 is 2.71 bits per heavy atom. The molecule has 0 aliphatic carbocycles. The van der Waals surface area contributed by atoms with Gasteiger partial charge in [-0.25, -0.2) is 4.98 Å². The number of hydrogen-bond acceptors (Lipinski definition) is 5. The van der Waals surface area contributed by atoms with Crippen LogP contribution in [-0.2, 0) is 0 Å². The van der Waals surface area contributed by atoms with Crippen molar-refractivity contribution in [3.05, 3.63) is 60.5 Å². The summed E-state index contributed by atoms with van der Waals surface area (Å²) in [5.41, 5.74) is 1.41. The van der Waals surface area contributed by atoms with Crippen molar-refractivity contribution in [1.29, 1.82) is 0 Å². The lowest BCUT2D eigenvalue weighted by Gasteiger charge is -2.02. The molecule has 0 spiro atoms. The monoisotopic (exact) mass is 281 g/mol. The number of benzene rings is 1. The first-order valence-corrected chi connectivity index (χ1v) is 6.21. The number of carbonyl (C=O) groups excluding carboxylic acids is 1. The summed E-state index contributed by atoms with van der Waals surface area (Å²) in [5.74, 6) is -0.536. The number of anilines is 1. The number of hydrogen-bond donors (Lipinski definition) is 2. The minimum Gasteiger partial charge on any atom is -0.504 e. The molecule has 0 fully saturated rings. The summed E-state index contributed by atoms with van der Waals surface area (Å²) in [6.07, 6.45) is 1.46. The fourth-order valence-corrected chi connectivity index (χ4v) is 1.79. The number of amides is 1. The minimum absolute atomic E-state index is 0.0407. The molecule has 0 aliphatic rings. The van der Waals surface area contributed by atoms with E-state index in [4.69, 9.17) is 4.52 Å². The zero-order valence-electron chi connectivity index (χ0n) is 10.9. The van der Waals surface area contributed by atoms with Crippen molar-refractivity contribution in [2.45, 2.75) is 0 Å². The molecule has 2 aromatic heterocycles. The second-order valence-electron chi connectivity index (χ2n) is 4.27. The van der Waals surface area contributed by atoms with Crippen LogP contribution in [0.25, 0.3) is 11.3 Å². The molecule has 0 atom stereocenters. The van der Waals surface area contributed by atoms with Crippen LogP contribution in [0.4, 0.5) is 5.82 Å². The maximum atomic E-state index is 12.0. The third kappa shape index (κ3) is 2.74. The summed E-state index contributed by atoms with van der Waals surface area (Å²) in [6, 6.07) is 13.9. The lowest BCUT2D eigenvalue weighted by molar-refractivity contribution is 0.0987. The van der Waals surface area contributed by atoms with Gasteiger partial charge in [0.1, 0.15) is 5.69 Å². The van der Waals surface area contributed by atoms with Gasteiger partial charge >= 0.3 is 0 Å². The summed E-state index contributed by atoms with van der Waals surface area (Å²) >= 11 is 0. The first-order chi connectivity index (χ1) is 10.2. The van der Waals surface area contributed by atoms with Crippen molar-refractivity contribution >= 4 is 11.7 Å². The van der Waals surface area contributed by atoms with Crippen molar-refractivity contribution in [3.63, 3.8) is 0 Å². The molecule has 104 valence electrons. The average molecular weight is 281 g/mol. The standard InChI is InChI=1S/C15H11N3O3/c19-12-7-4-8-16-14(12)17-15(20)13-9-11(18-21-13)10-5-2-1-3-6-10/h1-9,19H,(H,16,17,20). The number of pyridine rings is 1. The molecule has 3 rings (SSSR count). The van der Waals surface area contributed by atoms with Crippen molar-refractivity contribution in [2.75, 3.05) is 5.32 Å². The second kappa shape index (κ2) is 5.46. The molecule has 0 saturated heterocycles. The molecule has 0 radical (unpaired) electrons. The van der Waals surface area contributed by atoms with Gasteiger partial charge in [-0.15, -0.1) is 0 Å². The highest BCUT2D eigenvalue weighted by Gasteiger charge is 2.15. The van der Waals surface area contributed by atoms with Gasteiger partial charge in [0, 0.05) is 17.8 Å². The Kier molecular flexibility index (Phi) is 3.34. The van der Waals surface area contributed by atoms with E-state index in [1.54, 1.807) is 6.07 Å². The van der Waals surface area contributed by atoms with Gasteiger partial charge in [0.05, 0.1) is 0 Å². The van der Waals surface area contributed by atoms with Crippen LogP contribution in [-0.4, -0.2) is 21.2 Å². The smallest absolute Gasteiger partial charge is 0.295 e. The highest BCUT2D eigenvalue weighted by atomic mass is 16.5. The van der Waals surface area contributed by atoms with E-state index in [-0.39, 0.29) is 17.3 Å². The molecule has 0 bridgehead atoms. The van der Waals surface area contributed by atoms with Crippen LogP contribution in [0, 0.1) is 0 Å². The molecule has 1 amide bonds. The van der Waals surface area contributed by atoms with Crippen LogP contribution in [0.2, 0.25) is 0 Å². The van der Waals surface area contributed by atoms with Crippen LogP contribution in [0.5, 0.6) is 5.75 Å². The van der Waals surface area contributed by atoms with E-state index in [0.717, 1.165) is 5.56 Å². The number of carbonyl (C=O) groups is 1. The number of nitrogens with zero attached hydrogens (tertiary/aromatic N) is 2. The second-order valence-corrected chi connectivity index (χ2v) is 4.27. The molecule has 3 aromatic rings. The highest BCUT2D eigenvalue weighted by Crippen LogP contribution is 2.21. The zero-order chi connectivity index (χ0) is 14.7. The van der Waals surface area contributed by atoms with Gasteiger partial charge in [0.15, 0.2) is 11.6 Å². The van der Waals surface area contributed by atoms with E-state index < -0.39 is 5.91 Å². The van der Waals surface area contributed by atoms with E-state index in [2.05, 4.69) is 15.5 Å².